The van der Waals surface area contributed by atoms with Crippen LogP contribution in [0.3, 0.4) is 0 Å². The summed E-state index contributed by atoms with van der Waals surface area (Å²) in [5.41, 5.74) is 1.67. The molecule has 0 amide bonds. The Hall–Kier alpha value is -1.26. The van der Waals surface area contributed by atoms with Gasteiger partial charge in [-0.3, -0.25) is 0 Å². The first-order valence-electron chi connectivity index (χ1n) is 6.04. The summed E-state index contributed by atoms with van der Waals surface area (Å²) in [5, 5.41) is 6.49. The predicted molar refractivity (Wildman–Crippen MR) is 73.4 cm³/mol. The lowest BCUT2D eigenvalue weighted by atomic mass is 10.1. The van der Waals surface area contributed by atoms with Crippen molar-refractivity contribution in [3.05, 3.63) is 51.7 Å². The number of benzene rings is 1. The lowest BCUT2D eigenvalue weighted by Gasteiger charge is -2.14. The van der Waals surface area contributed by atoms with Crippen LogP contribution < -0.4 is 5.32 Å². The fourth-order valence-corrected chi connectivity index (χ4v) is 2.39. The predicted octanol–water partition coefficient (Wildman–Crippen LogP) is 3.48. The van der Waals surface area contributed by atoms with Crippen molar-refractivity contribution in [3.8, 4) is 0 Å². The average molecular weight is 264 g/mol. The van der Waals surface area contributed by atoms with E-state index in [0.29, 0.717) is 5.56 Å². The van der Waals surface area contributed by atoms with Crippen molar-refractivity contribution in [1.82, 2.24) is 10.3 Å². The Morgan fingerprint density at radius 1 is 1.44 bits per heavy atom. The third-order valence-electron chi connectivity index (χ3n) is 2.97. The standard InChI is InChI=1S/C14H17FN2S/c1-10-3-4-12(9-13(10)15)11(2)16-6-5-14-17-7-8-18-14/h3-4,7-9,11,16H,5-6H2,1-2H3. The number of nitrogens with zero attached hydrogens (tertiary/aromatic N) is 1. The molecule has 1 heterocycles. The molecule has 2 aromatic rings. The number of hydrogen-bond acceptors (Lipinski definition) is 3. The zero-order valence-corrected chi connectivity index (χ0v) is 11.4. The minimum atomic E-state index is -0.138. The minimum Gasteiger partial charge on any atom is -0.310 e. The summed E-state index contributed by atoms with van der Waals surface area (Å²) >= 11 is 1.66. The van der Waals surface area contributed by atoms with Crippen molar-refractivity contribution in [2.45, 2.75) is 26.3 Å². The van der Waals surface area contributed by atoms with Crippen molar-refractivity contribution >= 4 is 11.3 Å². The molecule has 96 valence electrons. The molecule has 1 aromatic carbocycles. The van der Waals surface area contributed by atoms with Gasteiger partial charge in [0, 0.05) is 30.6 Å². The van der Waals surface area contributed by atoms with Gasteiger partial charge in [-0.25, -0.2) is 9.37 Å². The molecule has 0 bridgehead atoms. The van der Waals surface area contributed by atoms with E-state index in [1.807, 2.05) is 30.6 Å². The molecule has 0 saturated heterocycles. The third kappa shape index (κ3) is 3.37. The molecule has 2 rings (SSSR count). The first-order chi connectivity index (χ1) is 8.66. The van der Waals surface area contributed by atoms with Gasteiger partial charge >= 0.3 is 0 Å². The van der Waals surface area contributed by atoms with Gasteiger partial charge < -0.3 is 5.32 Å². The van der Waals surface area contributed by atoms with E-state index in [2.05, 4.69) is 10.3 Å². The van der Waals surface area contributed by atoms with Gasteiger partial charge in [0.05, 0.1) is 5.01 Å². The molecule has 4 heteroatoms. The van der Waals surface area contributed by atoms with Crippen LogP contribution in [0.15, 0.2) is 29.8 Å². The highest BCUT2D eigenvalue weighted by Gasteiger charge is 2.07. The van der Waals surface area contributed by atoms with E-state index in [0.717, 1.165) is 23.5 Å². The average Bonchev–Trinajstić information content (AvgIpc) is 2.85. The Morgan fingerprint density at radius 2 is 2.28 bits per heavy atom. The normalized spacial score (nSPS) is 12.6. The van der Waals surface area contributed by atoms with Crippen LogP contribution in [0, 0.1) is 12.7 Å². The van der Waals surface area contributed by atoms with Gasteiger partial charge in [-0.05, 0) is 31.0 Å². The van der Waals surface area contributed by atoms with Gasteiger partial charge in [-0.2, -0.15) is 0 Å². The van der Waals surface area contributed by atoms with Gasteiger partial charge in [-0.1, -0.05) is 12.1 Å². The van der Waals surface area contributed by atoms with E-state index in [1.54, 1.807) is 24.3 Å². The molecule has 0 aliphatic rings. The fraction of sp³-hybridized carbons (Fsp3) is 0.357. The molecule has 0 aliphatic heterocycles. The quantitative estimate of drug-likeness (QED) is 0.894. The molecule has 0 aliphatic carbocycles. The summed E-state index contributed by atoms with van der Waals surface area (Å²) < 4.78 is 13.4. The van der Waals surface area contributed by atoms with Crippen LogP contribution in [-0.2, 0) is 6.42 Å². The van der Waals surface area contributed by atoms with Crippen LogP contribution in [0.5, 0.6) is 0 Å². The number of aryl methyl sites for hydroxylation is 1. The molecule has 1 atom stereocenters. The minimum absolute atomic E-state index is 0.138. The fourth-order valence-electron chi connectivity index (χ4n) is 1.77. The number of nitrogens with one attached hydrogen (secondary N) is 1. The summed E-state index contributed by atoms with van der Waals surface area (Å²) in [6.45, 7) is 4.68. The SMILES string of the molecule is Cc1ccc(C(C)NCCc2nccs2)cc1F. The van der Waals surface area contributed by atoms with E-state index in [1.165, 1.54) is 0 Å². The van der Waals surface area contributed by atoms with Crippen molar-refractivity contribution < 1.29 is 4.39 Å². The molecular formula is C14H17FN2S. The summed E-state index contributed by atoms with van der Waals surface area (Å²) in [5.74, 6) is -0.138. The van der Waals surface area contributed by atoms with Crippen LogP contribution in [0.1, 0.15) is 29.1 Å². The Labute approximate surface area is 111 Å². The molecule has 1 N–H and O–H groups in total. The maximum atomic E-state index is 13.4. The van der Waals surface area contributed by atoms with Gasteiger partial charge in [0.2, 0.25) is 0 Å². The van der Waals surface area contributed by atoms with E-state index < -0.39 is 0 Å². The number of hydrogen-bond donors (Lipinski definition) is 1. The third-order valence-corrected chi connectivity index (χ3v) is 3.81. The number of rotatable bonds is 5. The number of thiazole rings is 1. The van der Waals surface area contributed by atoms with Crippen LogP contribution in [0.25, 0.3) is 0 Å². The Balaban J connectivity index is 1.87. The van der Waals surface area contributed by atoms with Crippen LogP contribution in [0.2, 0.25) is 0 Å². The second-order valence-corrected chi connectivity index (χ2v) is 5.34. The molecule has 0 fully saturated rings. The zero-order valence-electron chi connectivity index (χ0n) is 10.6. The highest BCUT2D eigenvalue weighted by atomic mass is 32.1. The van der Waals surface area contributed by atoms with Crippen molar-refractivity contribution in [1.29, 1.82) is 0 Å². The van der Waals surface area contributed by atoms with Gasteiger partial charge in [-0.15, -0.1) is 11.3 Å². The first kappa shape index (κ1) is 13.2. The van der Waals surface area contributed by atoms with Crippen molar-refractivity contribution in [2.24, 2.45) is 0 Å². The number of halogens is 1. The molecule has 1 unspecified atom stereocenters. The Bertz CT molecular complexity index is 497. The highest BCUT2D eigenvalue weighted by molar-refractivity contribution is 7.09. The Morgan fingerprint density at radius 3 is 2.94 bits per heavy atom. The summed E-state index contributed by atoms with van der Waals surface area (Å²) in [6, 6.07) is 5.56. The molecule has 18 heavy (non-hydrogen) atoms. The molecule has 2 nitrogen and oxygen atoms in total. The summed E-state index contributed by atoms with van der Waals surface area (Å²) in [4.78, 5) is 4.23. The monoisotopic (exact) mass is 264 g/mol. The van der Waals surface area contributed by atoms with Crippen LogP contribution in [-0.4, -0.2) is 11.5 Å². The summed E-state index contributed by atoms with van der Waals surface area (Å²) in [6.07, 6.45) is 2.73. The van der Waals surface area contributed by atoms with Crippen molar-refractivity contribution in [3.63, 3.8) is 0 Å². The maximum absolute atomic E-state index is 13.4. The number of aromatic nitrogens is 1. The van der Waals surface area contributed by atoms with Crippen LogP contribution in [0.4, 0.5) is 4.39 Å². The second kappa shape index (κ2) is 6.07. The summed E-state index contributed by atoms with van der Waals surface area (Å²) in [7, 11) is 0. The smallest absolute Gasteiger partial charge is 0.126 e. The molecular weight excluding hydrogens is 247 g/mol. The van der Waals surface area contributed by atoms with Crippen molar-refractivity contribution in [2.75, 3.05) is 6.54 Å². The van der Waals surface area contributed by atoms with E-state index in [4.69, 9.17) is 0 Å². The Kier molecular flexibility index (Phi) is 4.44. The highest BCUT2D eigenvalue weighted by Crippen LogP contribution is 2.16. The lowest BCUT2D eigenvalue weighted by molar-refractivity contribution is 0.565. The largest absolute Gasteiger partial charge is 0.310 e. The topological polar surface area (TPSA) is 24.9 Å². The molecule has 0 radical (unpaired) electrons. The molecule has 1 aromatic heterocycles. The van der Waals surface area contributed by atoms with Gasteiger partial charge in [0.1, 0.15) is 5.82 Å². The zero-order chi connectivity index (χ0) is 13.0. The van der Waals surface area contributed by atoms with E-state index >= 15 is 0 Å². The second-order valence-electron chi connectivity index (χ2n) is 4.36. The van der Waals surface area contributed by atoms with Crippen LogP contribution >= 0.6 is 11.3 Å². The van der Waals surface area contributed by atoms with E-state index in [9.17, 15) is 4.39 Å². The molecule has 0 saturated carbocycles. The first-order valence-corrected chi connectivity index (χ1v) is 6.92. The van der Waals surface area contributed by atoms with E-state index in [-0.39, 0.29) is 11.9 Å². The lowest BCUT2D eigenvalue weighted by Crippen LogP contribution is -2.21. The van der Waals surface area contributed by atoms with Gasteiger partial charge in [0.25, 0.3) is 0 Å². The van der Waals surface area contributed by atoms with Gasteiger partial charge in [0.15, 0.2) is 0 Å². The molecule has 0 spiro atoms. The maximum Gasteiger partial charge on any atom is 0.126 e.